The third-order valence-corrected chi connectivity index (χ3v) is 4.79. The van der Waals surface area contributed by atoms with Crippen LogP contribution in [0, 0.1) is 21.6 Å². The summed E-state index contributed by atoms with van der Waals surface area (Å²) in [5.74, 6) is -2.21. The Labute approximate surface area is 182 Å². The second-order valence-electron chi connectivity index (χ2n) is 7.20. The summed E-state index contributed by atoms with van der Waals surface area (Å²) in [5, 5.41) is 45.1. The molecule has 12 heteroatoms. The first-order valence-corrected chi connectivity index (χ1v) is 9.51. The lowest BCUT2D eigenvalue weighted by Crippen LogP contribution is -3.04. The molecule has 3 atom stereocenters. The average molecular weight is 456 g/mol. The highest BCUT2D eigenvalue weighted by atomic mass is 19.1. The van der Waals surface area contributed by atoms with E-state index in [2.05, 4.69) is 9.68 Å². The van der Waals surface area contributed by atoms with Crippen molar-refractivity contribution in [2.45, 2.75) is 12.8 Å². The second-order valence-corrected chi connectivity index (χ2v) is 7.20. The zero-order valence-electron chi connectivity index (χ0n) is 17.2. The number of hydrogen-bond acceptors (Lipinski definition) is 9. The molecule has 0 amide bonds. The van der Waals surface area contributed by atoms with Gasteiger partial charge in [-0.2, -0.15) is 20.1 Å². The summed E-state index contributed by atoms with van der Waals surface area (Å²) in [7, 11) is 0. The minimum absolute atomic E-state index is 0.338. The van der Waals surface area contributed by atoms with Crippen molar-refractivity contribution < 1.29 is 49.9 Å². The fourth-order valence-electron chi connectivity index (χ4n) is 2.83. The standard InChI is InChI=1S/C20H25FN2O9/c1-14(16-7-8-17(18(21)9-16)15-5-3-2-4-6-15)19(25)30-11-20(10-24,12-31-22(26)27)13-32-23(28)29/h2-9,14,22-24,26,28H,10-13H2,1H3/t14-/m1/s1. The number of carbonyl (C=O) groups excluding carboxylic acids is 1. The minimum atomic E-state index is -1.66. The monoisotopic (exact) mass is 456 g/mol. The van der Waals surface area contributed by atoms with Crippen LogP contribution in [-0.2, 0) is 19.2 Å². The minimum Gasteiger partial charge on any atom is -0.566 e. The van der Waals surface area contributed by atoms with Gasteiger partial charge in [-0.3, -0.25) is 4.79 Å². The summed E-state index contributed by atoms with van der Waals surface area (Å²) in [6.45, 7) is -1.22. The molecule has 0 radical (unpaired) electrons. The molecule has 0 aliphatic carbocycles. The molecule has 2 unspecified atom stereocenters. The Morgan fingerprint density at radius 3 is 2.16 bits per heavy atom. The molecule has 0 saturated carbocycles. The lowest BCUT2D eigenvalue weighted by atomic mass is 9.92. The van der Waals surface area contributed by atoms with Crippen LogP contribution in [0.25, 0.3) is 11.1 Å². The summed E-state index contributed by atoms with van der Waals surface area (Å²) in [4.78, 5) is 21.4. The van der Waals surface area contributed by atoms with Gasteiger partial charge >= 0.3 is 5.97 Å². The molecule has 0 fully saturated rings. The molecule has 2 aromatic rings. The van der Waals surface area contributed by atoms with E-state index >= 15 is 0 Å². The highest BCUT2D eigenvalue weighted by molar-refractivity contribution is 5.78. The van der Waals surface area contributed by atoms with Crippen molar-refractivity contribution in [2.75, 3.05) is 26.4 Å². The number of aliphatic hydroxyl groups excluding tert-OH is 1. The third-order valence-electron chi connectivity index (χ3n) is 4.79. The maximum absolute atomic E-state index is 14.6. The maximum atomic E-state index is 14.6. The van der Waals surface area contributed by atoms with Gasteiger partial charge in [0.25, 0.3) is 0 Å². The molecule has 0 spiro atoms. The summed E-state index contributed by atoms with van der Waals surface area (Å²) < 4.78 is 19.8. The highest BCUT2D eigenvalue weighted by Gasteiger charge is 2.36. The van der Waals surface area contributed by atoms with Crippen molar-refractivity contribution in [2.24, 2.45) is 5.41 Å². The number of nitrogens with one attached hydrogen (secondary N) is 2. The van der Waals surface area contributed by atoms with Crippen molar-refractivity contribution in [3.8, 4) is 11.1 Å². The molecule has 0 saturated heterocycles. The van der Waals surface area contributed by atoms with E-state index in [9.17, 15) is 24.7 Å². The first-order valence-electron chi connectivity index (χ1n) is 9.51. The SMILES string of the molecule is C[C@@H](C(=O)OCC(CO)(CO[NH+]([O-])O)CO[NH+]([O-])O)c1ccc(-c2ccccc2)c(F)c1. The van der Waals surface area contributed by atoms with Crippen LogP contribution in [0.15, 0.2) is 48.5 Å². The number of carbonyl (C=O) groups is 1. The van der Waals surface area contributed by atoms with Gasteiger partial charge in [0.05, 0.1) is 17.9 Å². The van der Waals surface area contributed by atoms with Crippen LogP contribution in [0.1, 0.15) is 18.4 Å². The largest absolute Gasteiger partial charge is 0.566 e. The van der Waals surface area contributed by atoms with Crippen LogP contribution in [0.5, 0.6) is 0 Å². The van der Waals surface area contributed by atoms with Gasteiger partial charge in [-0.15, -0.1) is 0 Å². The van der Waals surface area contributed by atoms with Crippen molar-refractivity contribution in [1.29, 1.82) is 0 Å². The van der Waals surface area contributed by atoms with Gasteiger partial charge < -0.3 is 20.3 Å². The van der Waals surface area contributed by atoms with Crippen LogP contribution >= 0.6 is 0 Å². The number of hydrogen-bond donors (Lipinski definition) is 5. The summed E-state index contributed by atoms with van der Waals surface area (Å²) in [6, 6.07) is 13.2. The number of halogens is 1. The molecular weight excluding hydrogens is 431 g/mol. The number of quaternary nitrogens is 2. The van der Waals surface area contributed by atoms with Crippen LogP contribution in [0.4, 0.5) is 4.39 Å². The quantitative estimate of drug-likeness (QED) is 0.210. The molecule has 2 aromatic carbocycles. The van der Waals surface area contributed by atoms with E-state index < -0.39 is 60.3 Å². The zero-order valence-corrected chi connectivity index (χ0v) is 17.2. The van der Waals surface area contributed by atoms with Crippen molar-refractivity contribution in [1.82, 2.24) is 0 Å². The zero-order chi connectivity index (χ0) is 23.7. The van der Waals surface area contributed by atoms with E-state index in [1.54, 1.807) is 36.4 Å². The average Bonchev–Trinajstić information content (AvgIpc) is 2.78. The number of rotatable bonds is 12. The van der Waals surface area contributed by atoms with Gasteiger partial charge in [0.2, 0.25) is 0 Å². The topological polar surface area (TPSA) is 160 Å². The van der Waals surface area contributed by atoms with Crippen molar-refractivity contribution in [3.63, 3.8) is 0 Å². The molecule has 2 rings (SSSR count). The van der Waals surface area contributed by atoms with Gasteiger partial charge in [-0.05, 0) is 24.1 Å². The molecular formula is C20H25FN2O9. The van der Waals surface area contributed by atoms with E-state index in [4.69, 9.17) is 15.2 Å². The third kappa shape index (κ3) is 7.27. The Balaban J connectivity index is 2.09. The van der Waals surface area contributed by atoms with Crippen LogP contribution in [0.3, 0.4) is 0 Å². The number of benzene rings is 2. The molecule has 5 N–H and O–H groups in total. The smallest absolute Gasteiger partial charge is 0.313 e. The molecule has 0 aliphatic rings. The molecule has 0 bridgehead atoms. The lowest BCUT2D eigenvalue weighted by Gasteiger charge is -2.30. The molecule has 0 aliphatic heterocycles. The fourth-order valence-corrected chi connectivity index (χ4v) is 2.83. The van der Waals surface area contributed by atoms with Gasteiger partial charge in [0, 0.05) is 5.56 Å². The predicted molar refractivity (Wildman–Crippen MR) is 105 cm³/mol. The summed E-state index contributed by atoms with van der Waals surface area (Å²) in [5.41, 5.74) is -0.248. The molecule has 0 heterocycles. The van der Waals surface area contributed by atoms with Gasteiger partial charge in [-0.25, -0.2) is 4.39 Å². The van der Waals surface area contributed by atoms with Gasteiger partial charge in [0.15, 0.2) is 0 Å². The second kappa shape index (κ2) is 11.9. The summed E-state index contributed by atoms with van der Waals surface area (Å²) >= 11 is 0. The van der Waals surface area contributed by atoms with E-state index in [0.717, 1.165) is 0 Å². The summed E-state index contributed by atoms with van der Waals surface area (Å²) in [6.07, 6.45) is 0. The van der Waals surface area contributed by atoms with Crippen LogP contribution in [-0.4, -0.2) is 47.9 Å². The normalized spacial score (nSPS) is 16.1. The van der Waals surface area contributed by atoms with Crippen LogP contribution in [0.2, 0.25) is 0 Å². The molecule has 32 heavy (non-hydrogen) atoms. The Morgan fingerprint density at radius 1 is 1.06 bits per heavy atom. The lowest BCUT2D eigenvalue weighted by molar-refractivity contribution is -1.21. The van der Waals surface area contributed by atoms with E-state index in [1.807, 2.05) is 6.07 Å². The van der Waals surface area contributed by atoms with Crippen LogP contribution < -0.4 is 10.8 Å². The predicted octanol–water partition coefficient (Wildman–Crippen LogP) is -0.475. The van der Waals surface area contributed by atoms with E-state index in [0.29, 0.717) is 16.7 Å². The van der Waals surface area contributed by atoms with E-state index in [1.165, 1.54) is 13.0 Å². The van der Waals surface area contributed by atoms with Crippen molar-refractivity contribution >= 4 is 5.97 Å². The van der Waals surface area contributed by atoms with Gasteiger partial charge in [0.1, 0.15) is 25.6 Å². The Kier molecular flexibility index (Phi) is 9.59. The first kappa shape index (κ1) is 25.7. The first-order chi connectivity index (χ1) is 15.2. The number of ether oxygens (including phenoxy) is 1. The molecule has 0 aromatic heterocycles. The Bertz CT molecular complexity index is 855. The van der Waals surface area contributed by atoms with Crippen molar-refractivity contribution in [3.05, 3.63) is 70.3 Å². The Morgan fingerprint density at radius 2 is 1.66 bits per heavy atom. The molecule has 176 valence electrons. The Hall–Kier alpha value is -2.52. The molecule has 11 nitrogen and oxygen atoms in total. The number of esters is 1. The number of aliphatic hydroxyl groups is 1. The highest BCUT2D eigenvalue weighted by Crippen LogP contribution is 2.27. The van der Waals surface area contributed by atoms with E-state index in [-0.39, 0.29) is 0 Å². The fraction of sp³-hybridized carbons (Fsp3) is 0.350. The van der Waals surface area contributed by atoms with Gasteiger partial charge in [-0.1, -0.05) is 53.2 Å². The maximum Gasteiger partial charge on any atom is 0.313 e.